The normalized spacial score (nSPS) is 12.4. The van der Waals surface area contributed by atoms with Gasteiger partial charge in [0.2, 0.25) is 0 Å². The van der Waals surface area contributed by atoms with Crippen molar-refractivity contribution >= 4 is 25.8 Å². The van der Waals surface area contributed by atoms with Gasteiger partial charge in [0.05, 0.1) is 6.20 Å². The molecule has 0 spiro atoms. The molecule has 0 N–H and O–H groups in total. The predicted molar refractivity (Wildman–Crippen MR) is 57.9 cm³/mol. The summed E-state index contributed by atoms with van der Waals surface area (Å²) in [7, 11) is -3.18. The molecule has 0 bridgehead atoms. The van der Waals surface area contributed by atoms with E-state index < -0.39 is 9.84 Å². The van der Waals surface area contributed by atoms with Crippen LogP contribution in [0.4, 0.5) is 0 Å². The average Bonchev–Trinajstić information content (AvgIpc) is 2.30. The van der Waals surface area contributed by atoms with E-state index in [4.69, 9.17) is 0 Å². The number of hydrogen-bond donors (Lipinski definition) is 0. The van der Waals surface area contributed by atoms with Crippen LogP contribution in [-0.4, -0.2) is 24.5 Å². The first kappa shape index (κ1) is 11.7. The molecular formula is C8H13BrN2O2S. The highest BCUT2D eigenvalue weighted by Crippen LogP contribution is 2.21. The van der Waals surface area contributed by atoms with Crippen LogP contribution >= 0.6 is 15.9 Å². The third kappa shape index (κ3) is 2.57. The second kappa shape index (κ2) is 4.02. The van der Waals surface area contributed by atoms with Crippen molar-refractivity contribution in [1.82, 2.24) is 9.78 Å². The minimum absolute atomic E-state index is 0.248. The van der Waals surface area contributed by atoms with E-state index in [-0.39, 0.29) is 4.90 Å². The Balaban J connectivity index is 3.09. The molecule has 0 amide bonds. The van der Waals surface area contributed by atoms with E-state index in [0.717, 1.165) is 0 Å². The highest BCUT2D eigenvalue weighted by atomic mass is 79.9. The van der Waals surface area contributed by atoms with Crippen LogP contribution in [0.5, 0.6) is 0 Å². The lowest BCUT2D eigenvalue weighted by molar-refractivity contribution is 0.475. The molecule has 1 aromatic rings. The second-order valence-electron chi connectivity index (χ2n) is 3.65. The summed E-state index contributed by atoms with van der Waals surface area (Å²) >= 11 is 3.24. The Morgan fingerprint density at radius 2 is 2.14 bits per heavy atom. The summed E-state index contributed by atoms with van der Waals surface area (Å²) in [6.45, 7) is 4.80. The molecule has 0 atom stereocenters. The third-order valence-electron chi connectivity index (χ3n) is 1.68. The highest BCUT2D eigenvalue weighted by Gasteiger charge is 2.17. The third-order valence-corrected chi connectivity index (χ3v) is 3.88. The molecule has 0 saturated heterocycles. The van der Waals surface area contributed by atoms with Crippen molar-refractivity contribution in [2.75, 3.05) is 6.26 Å². The van der Waals surface area contributed by atoms with Crippen LogP contribution in [-0.2, 0) is 16.4 Å². The highest BCUT2D eigenvalue weighted by molar-refractivity contribution is 9.10. The van der Waals surface area contributed by atoms with Crippen LogP contribution < -0.4 is 0 Å². The summed E-state index contributed by atoms with van der Waals surface area (Å²) in [5, 5.41) is 4.01. The minimum atomic E-state index is -3.18. The molecule has 4 nitrogen and oxygen atoms in total. The predicted octanol–water partition coefficient (Wildman–Crippen LogP) is 1.71. The molecule has 1 rings (SSSR count). The number of aromatic nitrogens is 2. The molecule has 6 heteroatoms. The van der Waals surface area contributed by atoms with Gasteiger partial charge in [-0.15, -0.1) is 0 Å². The van der Waals surface area contributed by atoms with E-state index in [1.807, 2.05) is 13.8 Å². The van der Waals surface area contributed by atoms with Crippen LogP contribution in [0.1, 0.15) is 13.8 Å². The Morgan fingerprint density at radius 1 is 1.57 bits per heavy atom. The van der Waals surface area contributed by atoms with Crippen molar-refractivity contribution in [3.63, 3.8) is 0 Å². The van der Waals surface area contributed by atoms with Crippen molar-refractivity contribution < 1.29 is 8.42 Å². The van der Waals surface area contributed by atoms with Gasteiger partial charge in [0.15, 0.2) is 9.84 Å². The van der Waals surface area contributed by atoms with E-state index in [0.29, 0.717) is 17.1 Å². The Bertz CT molecular complexity index is 423. The molecule has 0 aliphatic rings. The van der Waals surface area contributed by atoms with Gasteiger partial charge >= 0.3 is 0 Å². The fraction of sp³-hybridized carbons (Fsp3) is 0.625. The molecule has 0 fully saturated rings. The molecule has 0 aromatic carbocycles. The van der Waals surface area contributed by atoms with Gasteiger partial charge in [-0.1, -0.05) is 13.8 Å². The van der Waals surface area contributed by atoms with Crippen molar-refractivity contribution in [3.05, 3.63) is 10.8 Å². The molecule has 0 aliphatic heterocycles. The lowest BCUT2D eigenvalue weighted by Crippen LogP contribution is -2.06. The summed E-state index contributed by atoms with van der Waals surface area (Å²) < 4.78 is 24.7. The molecular weight excluding hydrogens is 268 g/mol. The summed E-state index contributed by atoms with van der Waals surface area (Å²) in [4.78, 5) is 0.248. The summed E-state index contributed by atoms with van der Waals surface area (Å²) in [5.74, 6) is 0.429. The zero-order chi connectivity index (χ0) is 10.9. The first-order valence-electron chi connectivity index (χ1n) is 4.23. The molecule has 0 aliphatic carbocycles. The smallest absolute Gasteiger partial charge is 0.179 e. The van der Waals surface area contributed by atoms with Gasteiger partial charge in [-0.25, -0.2) is 8.42 Å². The Morgan fingerprint density at radius 3 is 2.50 bits per heavy atom. The minimum Gasteiger partial charge on any atom is -0.257 e. The van der Waals surface area contributed by atoms with Gasteiger partial charge in [-0.3, -0.25) is 4.68 Å². The largest absolute Gasteiger partial charge is 0.257 e. The first-order chi connectivity index (χ1) is 6.32. The number of sulfone groups is 1. The second-order valence-corrected chi connectivity index (χ2v) is 6.38. The molecule has 1 aromatic heterocycles. The number of hydrogen-bond acceptors (Lipinski definition) is 3. The van der Waals surface area contributed by atoms with Gasteiger partial charge < -0.3 is 0 Å². The maximum atomic E-state index is 11.3. The zero-order valence-corrected chi connectivity index (χ0v) is 10.8. The maximum Gasteiger partial charge on any atom is 0.179 e. The first-order valence-corrected chi connectivity index (χ1v) is 6.92. The fourth-order valence-electron chi connectivity index (χ4n) is 1.08. The van der Waals surface area contributed by atoms with Crippen molar-refractivity contribution in [3.8, 4) is 0 Å². The standard InChI is InChI=1S/C8H13BrN2O2S/c1-6(2)5-11-8(9)7(4-10-11)14(3,12)13/h4,6H,5H2,1-3H3. The van der Waals surface area contributed by atoms with E-state index in [2.05, 4.69) is 21.0 Å². The molecule has 14 heavy (non-hydrogen) atoms. The molecule has 1 heterocycles. The summed E-state index contributed by atoms with van der Waals surface area (Å²) in [6, 6.07) is 0. The Kier molecular flexibility index (Phi) is 3.36. The van der Waals surface area contributed by atoms with Gasteiger partial charge in [0, 0.05) is 12.8 Å². The van der Waals surface area contributed by atoms with Crippen LogP contribution in [0, 0.1) is 5.92 Å². The quantitative estimate of drug-likeness (QED) is 0.847. The Labute approximate surface area is 92.4 Å². The number of nitrogens with zero attached hydrogens (tertiary/aromatic N) is 2. The lowest BCUT2D eigenvalue weighted by atomic mass is 10.2. The van der Waals surface area contributed by atoms with Crippen molar-refractivity contribution in [2.24, 2.45) is 5.92 Å². The maximum absolute atomic E-state index is 11.3. The van der Waals surface area contributed by atoms with Crippen molar-refractivity contribution in [2.45, 2.75) is 25.3 Å². The van der Waals surface area contributed by atoms with Gasteiger partial charge in [-0.05, 0) is 21.8 Å². The van der Waals surface area contributed by atoms with Gasteiger partial charge in [0.1, 0.15) is 9.50 Å². The topological polar surface area (TPSA) is 52.0 Å². The van der Waals surface area contributed by atoms with E-state index in [9.17, 15) is 8.42 Å². The fourth-order valence-corrected chi connectivity index (χ4v) is 2.95. The Hall–Kier alpha value is -0.360. The number of rotatable bonds is 3. The van der Waals surface area contributed by atoms with Crippen molar-refractivity contribution in [1.29, 1.82) is 0 Å². The van der Waals surface area contributed by atoms with Gasteiger partial charge in [0.25, 0.3) is 0 Å². The molecule has 0 radical (unpaired) electrons. The van der Waals surface area contributed by atoms with Gasteiger partial charge in [-0.2, -0.15) is 5.10 Å². The van der Waals surface area contributed by atoms with E-state index in [1.165, 1.54) is 12.5 Å². The number of halogens is 1. The van der Waals surface area contributed by atoms with E-state index >= 15 is 0 Å². The van der Waals surface area contributed by atoms with Crippen LogP contribution in [0.2, 0.25) is 0 Å². The summed E-state index contributed by atoms with van der Waals surface area (Å²) in [6.07, 6.45) is 2.55. The monoisotopic (exact) mass is 280 g/mol. The SMILES string of the molecule is CC(C)Cn1ncc(S(C)(=O)=O)c1Br. The lowest BCUT2D eigenvalue weighted by Gasteiger charge is -2.06. The van der Waals surface area contributed by atoms with Crippen LogP contribution in [0.15, 0.2) is 15.7 Å². The average molecular weight is 281 g/mol. The molecule has 80 valence electrons. The van der Waals surface area contributed by atoms with E-state index in [1.54, 1.807) is 4.68 Å². The zero-order valence-electron chi connectivity index (χ0n) is 8.36. The summed E-state index contributed by atoms with van der Waals surface area (Å²) in [5.41, 5.74) is 0. The molecule has 0 saturated carbocycles. The van der Waals surface area contributed by atoms with Crippen LogP contribution in [0.25, 0.3) is 0 Å². The molecule has 0 unspecified atom stereocenters. The van der Waals surface area contributed by atoms with Crippen LogP contribution in [0.3, 0.4) is 0 Å².